The van der Waals surface area contributed by atoms with Crippen LogP contribution in [0, 0.1) is 17.6 Å². The Kier molecular flexibility index (Phi) is 9.79. The molecule has 0 saturated carbocycles. The van der Waals surface area contributed by atoms with Crippen molar-refractivity contribution >= 4 is 12.0 Å². The molecule has 218 valence electrons. The van der Waals surface area contributed by atoms with Crippen molar-refractivity contribution in [2.45, 2.75) is 77.2 Å². The second-order valence-corrected chi connectivity index (χ2v) is 11.4. The number of hydrogen-bond acceptors (Lipinski definition) is 4. The van der Waals surface area contributed by atoms with Gasteiger partial charge < -0.3 is 15.3 Å². The average Bonchev–Trinajstić information content (AvgIpc) is 3.26. The topological polar surface area (TPSA) is 76.1 Å². The van der Waals surface area contributed by atoms with Gasteiger partial charge in [0.05, 0.1) is 0 Å². The summed E-state index contributed by atoms with van der Waals surface area (Å²) in [4.78, 5) is 31.8. The van der Waals surface area contributed by atoms with Crippen LogP contribution in [0.4, 0.5) is 13.6 Å². The van der Waals surface area contributed by atoms with Crippen LogP contribution in [0.3, 0.4) is 0 Å². The van der Waals surface area contributed by atoms with Crippen LogP contribution in [0.1, 0.15) is 57.6 Å². The maximum atomic E-state index is 13.6. The molecule has 2 aliphatic heterocycles. The molecule has 0 spiro atoms. The van der Waals surface area contributed by atoms with E-state index in [1.54, 1.807) is 0 Å². The summed E-state index contributed by atoms with van der Waals surface area (Å²) in [7, 11) is 0. The summed E-state index contributed by atoms with van der Waals surface area (Å²) < 4.78 is 26.8. The van der Waals surface area contributed by atoms with E-state index in [0.29, 0.717) is 18.7 Å². The lowest BCUT2D eigenvalue weighted by molar-refractivity contribution is -0.145. The molecule has 4 atom stereocenters. The molecule has 2 aromatic rings. The highest BCUT2D eigenvalue weighted by Gasteiger charge is 2.48. The van der Waals surface area contributed by atoms with Crippen molar-refractivity contribution in [3.63, 3.8) is 0 Å². The summed E-state index contributed by atoms with van der Waals surface area (Å²) >= 11 is 0. The summed E-state index contributed by atoms with van der Waals surface area (Å²) in [6, 6.07) is 13.6. The standard InChI is InChI=1S/C31H42F2N4O3/c1-5-36(31(40)34-18-22-11-12-26(32)27(33)17-22)24-13-15-35(16-14-24)29-21(4)37(28(20(2)3)30(38)39)19-25(29)23-9-7-6-8-10-23/h6-12,17,20-21,24-25,28-29H,5,13-16,18-19H2,1-4H3,(H,34,40)(H,38,39)/t21?,25?,28-,29?/m1/s1. The van der Waals surface area contributed by atoms with Gasteiger partial charge in [-0.1, -0.05) is 50.2 Å². The first-order chi connectivity index (χ1) is 19.1. The highest BCUT2D eigenvalue weighted by molar-refractivity contribution is 5.74. The minimum Gasteiger partial charge on any atom is -0.480 e. The van der Waals surface area contributed by atoms with Crippen molar-refractivity contribution in [1.29, 1.82) is 0 Å². The maximum absolute atomic E-state index is 13.6. The molecule has 2 saturated heterocycles. The van der Waals surface area contributed by atoms with Gasteiger partial charge in [0.2, 0.25) is 0 Å². The van der Waals surface area contributed by atoms with E-state index in [4.69, 9.17) is 0 Å². The van der Waals surface area contributed by atoms with Gasteiger partial charge in [0.15, 0.2) is 11.6 Å². The molecule has 9 heteroatoms. The molecule has 2 aliphatic rings. The van der Waals surface area contributed by atoms with Crippen LogP contribution >= 0.6 is 0 Å². The van der Waals surface area contributed by atoms with Crippen molar-refractivity contribution in [1.82, 2.24) is 20.0 Å². The number of hydrogen-bond donors (Lipinski definition) is 2. The van der Waals surface area contributed by atoms with E-state index in [1.165, 1.54) is 11.6 Å². The van der Waals surface area contributed by atoms with Gasteiger partial charge in [0.1, 0.15) is 6.04 Å². The SMILES string of the molecule is CCN(C(=O)NCc1ccc(F)c(F)c1)C1CCN(C2C(c3ccccc3)CN([C@@H](C(=O)O)C(C)C)C2C)CC1. The molecule has 4 rings (SSSR count). The van der Waals surface area contributed by atoms with Crippen molar-refractivity contribution < 1.29 is 23.5 Å². The van der Waals surface area contributed by atoms with Crippen molar-refractivity contribution in [2.24, 2.45) is 5.92 Å². The molecule has 2 N–H and O–H groups in total. The zero-order valence-corrected chi connectivity index (χ0v) is 23.9. The number of carbonyl (C=O) groups is 2. The molecule has 3 unspecified atom stereocenters. The van der Waals surface area contributed by atoms with Gasteiger partial charge in [0.25, 0.3) is 0 Å². The molecule has 40 heavy (non-hydrogen) atoms. The molecule has 2 aromatic carbocycles. The number of halogens is 2. The number of aliphatic carboxylic acids is 1. The van der Waals surface area contributed by atoms with E-state index in [0.717, 1.165) is 38.1 Å². The first-order valence-corrected chi connectivity index (χ1v) is 14.4. The van der Waals surface area contributed by atoms with Crippen molar-refractivity contribution in [2.75, 3.05) is 26.2 Å². The first kappa shape index (κ1) is 29.9. The molecule has 0 aromatic heterocycles. The third kappa shape index (κ3) is 6.47. The number of amides is 2. The Morgan fingerprint density at radius 3 is 2.33 bits per heavy atom. The molecular formula is C31H42F2N4O3. The van der Waals surface area contributed by atoms with Gasteiger partial charge in [-0.05, 0) is 55.9 Å². The average molecular weight is 557 g/mol. The van der Waals surface area contributed by atoms with Crippen LogP contribution in [0.5, 0.6) is 0 Å². The summed E-state index contributed by atoms with van der Waals surface area (Å²) in [6.07, 6.45) is 1.62. The highest BCUT2D eigenvalue weighted by atomic mass is 19.2. The number of benzene rings is 2. The number of likely N-dealkylation sites (tertiary alicyclic amines) is 2. The predicted molar refractivity (Wildman–Crippen MR) is 151 cm³/mol. The summed E-state index contributed by atoms with van der Waals surface area (Å²) in [5.41, 5.74) is 1.73. The fourth-order valence-corrected chi connectivity index (χ4v) is 6.77. The molecule has 7 nitrogen and oxygen atoms in total. The first-order valence-electron chi connectivity index (χ1n) is 14.4. The van der Waals surface area contributed by atoms with E-state index in [1.807, 2.05) is 43.9 Å². The summed E-state index contributed by atoms with van der Waals surface area (Å²) in [5.74, 6) is -2.43. The Morgan fingerprint density at radius 1 is 1.07 bits per heavy atom. The summed E-state index contributed by atoms with van der Waals surface area (Å²) in [6.45, 7) is 11.0. The summed E-state index contributed by atoms with van der Waals surface area (Å²) in [5, 5.41) is 12.9. The lowest BCUT2D eigenvalue weighted by Gasteiger charge is -2.43. The molecule has 2 amide bonds. The van der Waals surface area contributed by atoms with Gasteiger partial charge in [-0.15, -0.1) is 0 Å². The normalized spacial score (nSPS) is 23.3. The van der Waals surface area contributed by atoms with Gasteiger partial charge in [-0.2, -0.15) is 0 Å². The van der Waals surface area contributed by atoms with Crippen LogP contribution in [-0.4, -0.2) is 82.2 Å². The van der Waals surface area contributed by atoms with Crippen LogP contribution < -0.4 is 5.32 Å². The number of nitrogens with zero attached hydrogens (tertiary/aromatic N) is 3. The smallest absolute Gasteiger partial charge is 0.321 e. The monoisotopic (exact) mass is 556 g/mol. The number of carbonyl (C=O) groups excluding carboxylic acids is 1. The fraction of sp³-hybridized carbons (Fsp3) is 0.548. The predicted octanol–water partition coefficient (Wildman–Crippen LogP) is 4.93. The number of nitrogens with one attached hydrogen (secondary N) is 1. The quantitative estimate of drug-likeness (QED) is 0.458. The molecular weight excluding hydrogens is 514 g/mol. The Morgan fingerprint density at radius 2 is 1.75 bits per heavy atom. The Bertz CT molecular complexity index is 1160. The minimum absolute atomic E-state index is 0.0103. The minimum atomic E-state index is -0.928. The zero-order chi connectivity index (χ0) is 29.0. The van der Waals surface area contributed by atoms with Crippen molar-refractivity contribution in [3.05, 3.63) is 71.3 Å². The molecule has 2 heterocycles. The number of carboxylic acids is 1. The largest absolute Gasteiger partial charge is 0.480 e. The Hall–Kier alpha value is -3.04. The van der Waals surface area contributed by atoms with E-state index in [2.05, 4.69) is 34.2 Å². The third-order valence-electron chi connectivity index (χ3n) is 8.70. The van der Waals surface area contributed by atoms with Gasteiger partial charge in [-0.3, -0.25) is 14.6 Å². The lowest BCUT2D eigenvalue weighted by Crippen LogP contribution is -2.55. The fourth-order valence-electron chi connectivity index (χ4n) is 6.77. The number of piperidine rings is 1. The van der Waals surface area contributed by atoms with Crippen molar-refractivity contribution in [3.8, 4) is 0 Å². The Labute approximate surface area is 236 Å². The second-order valence-electron chi connectivity index (χ2n) is 11.4. The van der Waals surface area contributed by atoms with Gasteiger partial charge in [0, 0.05) is 56.8 Å². The Balaban J connectivity index is 1.44. The lowest BCUT2D eigenvalue weighted by atomic mass is 9.88. The molecule has 0 bridgehead atoms. The molecule has 0 aliphatic carbocycles. The van der Waals surface area contributed by atoms with Gasteiger partial charge in [-0.25, -0.2) is 13.6 Å². The number of carboxylic acid groups (broad SMARTS) is 1. The second kappa shape index (κ2) is 13.1. The zero-order valence-electron chi connectivity index (χ0n) is 23.9. The van der Waals surface area contributed by atoms with Crippen LogP contribution in [0.25, 0.3) is 0 Å². The van der Waals surface area contributed by atoms with Gasteiger partial charge >= 0.3 is 12.0 Å². The van der Waals surface area contributed by atoms with Crippen LogP contribution in [-0.2, 0) is 11.3 Å². The maximum Gasteiger partial charge on any atom is 0.321 e. The highest BCUT2D eigenvalue weighted by Crippen LogP contribution is 2.39. The molecule has 0 radical (unpaired) electrons. The number of rotatable bonds is 9. The third-order valence-corrected chi connectivity index (χ3v) is 8.70. The van der Waals surface area contributed by atoms with E-state index >= 15 is 0 Å². The van der Waals surface area contributed by atoms with E-state index < -0.39 is 23.6 Å². The van der Waals surface area contributed by atoms with E-state index in [-0.39, 0.29) is 42.5 Å². The van der Waals surface area contributed by atoms with Crippen LogP contribution in [0.15, 0.2) is 48.5 Å². The van der Waals surface area contributed by atoms with Crippen LogP contribution in [0.2, 0.25) is 0 Å². The molecule has 2 fully saturated rings. The van der Waals surface area contributed by atoms with E-state index in [9.17, 15) is 23.5 Å². The number of urea groups is 1.